The summed E-state index contributed by atoms with van der Waals surface area (Å²) in [7, 11) is -1.17. The van der Waals surface area contributed by atoms with Crippen LogP contribution in [0.2, 0.25) is 5.02 Å². The Labute approximate surface area is 212 Å². The van der Waals surface area contributed by atoms with E-state index in [2.05, 4.69) is 26.3 Å². The molecule has 1 spiro atoms. The topological polar surface area (TPSA) is 115 Å². The van der Waals surface area contributed by atoms with E-state index in [9.17, 15) is 14.6 Å². The molecule has 4 heterocycles. The summed E-state index contributed by atoms with van der Waals surface area (Å²) >= 11 is 5.94. The van der Waals surface area contributed by atoms with E-state index < -0.39 is 16.3 Å². The number of pyridine rings is 1. The Morgan fingerprint density at radius 3 is 2.54 bits per heavy atom. The van der Waals surface area contributed by atoms with Crippen molar-refractivity contribution in [1.29, 1.82) is 5.26 Å². The summed E-state index contributed by atoms with van der Waals surface area (Å²) in [5.41, 5.74) is 1.74. The second kappa shape index (κ2) is 8.68. The molecule has 1 atom stereocenters. The van der Waals surface area contributed by atoms with Gasteiger partial charge in [-0.1, -0.05) is 11.6 Å². The minimum atomic E-state index is -1.17. The Balaban J connectivity index is 1.23. The van der Waals surface area contributed by atoms with Crippen molar-refractivity contribution in [2.24, 2.45) is 5.41 Å². The third-order valence-electron chi connectivity index (χ3n) is 8.47. The fourth-order valence-corrected chi connectivity index (χ4v) is 7.68. The fourth-order valence-electron chi connectivity index (χ4n) is 6.21. The lowest BCUT2D eigenvalue weighted by molar-refractivity contribution is 0.125. The molecule has 2 aliphatic heterocycles. The first-order valence-electron chi connectivity index (χ1n) is 12.4. The lowest BCUT2D eigenvalue weighted by Crippen LogP contribution is -2.58. The highest BCUT2D eigenvalue weighted by atomic mass is 35.5. The number of aryl methyl sites for hydroxylation is 1. The highest BCUT2D eigenvalue weighted by molar-refractivity contribution is 7.85. The van der Waals surface area contributed by atoms with E-state index in [0.717, 1.165) is 69.6 Å². The predicted octanol–water partition coefficient (Wildman–Crippen LogP) is 3.55. The van der Waals surface area contributed by atoms with E-state index in [4.69, 9.17) is 16.6 Å². The van der Waals surface area contributed by atoms with E-state index in [0.29, 0.717) is 45.1 Å². The number of hydrogen-bond donors (Lipinski definition) is 2. The summed E-state index contributed by atoms with van der Waals surface area (Å²) in [5.74, 6) is 2.48. The number of hydrogen-bond acceptors (Lipinski definition) is 8. The molecule has 2 saturated carbocycles. The Morgan fingerprint density at radius 1 is 1.23 bits per heavy atom. The minimum absolute atomic E-state index is 0.00224. The van der Waals surface area contributed by atoms with Gasteiger partial charge in [-0.15, -0.1) is 0 Å². The van der Waals surface area contributed by atoms with Crippen LogP contribution in [0.3, 0.4) is 0 Å². The average Bonchev–Trinajstić information content (AvgIpc) is 3.20. The number of aliphatic hydroxyl groups excluding tert-OH is 1. The Kier molecular flexibility index (Phi) is 5.74. The van der Waals surface area contributed by atoms with Gasteiger partial charge in [0.25, 0.3) is 0 Å². The number of fused-ring (bicyclic) bond motifs is 1. The summed E-state index contributed by atoms with van der Waals surface area (Å²) in [4.78, 5) is 16.6. The molecule has 0 radical (unpaired) electrons. The molecule has 0 aromatic carbocycles. The SMILES string of the molecule is N#Cc1c(N2CC3(CCC(c4ncc(Cl)cn4)CC3)C2)nc2c(c1NC1(CO)CCC1)[S@@](=O)CC2. The van der Waals surface area contributed by atoms with Crippen LogP contribution in [-0.4, -0.2) is 55.3 Å². The van der Waals surface area contributed by atoms with Crippen LogP contribution >= 0.6 is 11.6 Å². The van der Waals surface area contributed by atoms with Crippen molar-refractivity contribution in [1.82, 2.24) is 15.0 Å². The van der Waals surface area contributed by atoms with Gasteiger partial charge in [0.15, 0.2) is 0 Å². The third-order valence-corrected chi connectivity index (χ3v) is 10.1. The van der Waals surface area contributed by atoms with Crippen LogP contribution in [0, 0.1) is 16.7 Å². The van der Waals surface area contributed by atoms with Gasteiger partial charge < -0.3 is 15.3 Å². The summed E-state index contributed by atoms with van der Waals surface area (Å²) < 4.78 is 12.8. The van der Waals surface area contributed by atoms with Crippen molar-refractivity contribution >= 4 is 33.9 Å². The number of anilines is 2. The minimum Gasteiger partial charge on any atom is -0.394 e. The van der Waals surface area contributed by atoms with Crippen molar-refractivity contribution in [3.63, 3.8) is 0 Å². The van der Waals surface area contributed by atoms with Crippen LogP contribution in [0.5, 0.6) is 0 Å². The van der Waals surface area contributed by atoms with Gasteiger partial charge in [-0.25, -0.2) is 15.0 Å². The Bertz CT molecular complexity index is 1200. The molecular weight excluding hydrogens is 484 g/mol. The average molecular weight is 513 g/mol. The zero-order chi connectivity index (χ0) is 24.2. The summed E-state index contributed by atoms with van der Waals surface area (Å²) in [6.07, 6.45) is 11.0. The smallest absolute Gasteiger partial charge is 0.149 e. The van der Waals surface area contributed by atoms with Gasteiger partial charge in [-0.05, 0) is 44.9 Å². The standard InChI is InChI=1S/C25H29ClN6O2S/c26-17-11-28-22(29-12-17)16-2-7-24(8-3-16)13-32(14-24)23-18(10-27)20(31-25(15-33)5-1-6-25)21-19(30-23)4-9-35(21)34/h11-12,16,33H,1-9,13-15H2,(H,30,31)/t35-/m0/s1. The van der Waals surface area contributed by atoms with Gasteiger partial charge in [0.1, 0.15) is 23.3 Å². The first-order valence-corrected chi connectivity index (χ1v) is 14.1. The van der Waals surface area contributed by atoms with E-state index in [1.807, 2.05) is 0 Å². The first-order chi connectivity index (χ1) is 16.9. The number of nitrogens with zero attached hydrogens (tertiary/aromatic N) is 5. The number of nitriles is 1. The molecular formula is C25H29ClN6O2S. The van der Waals surface area contributed by atoms with Crippen LogP contribution in [-0.2, 0) is 17.2 Å². The number of nitrogens with one attached hydrogen (secondary N) is 1. The van der Waals surface area contributed by atoms with Gasteiger partial charge in [0, 0.05) is 49.0 Å². The highest BCUT2D eigenvalue weighted by Crippen LogP contribution is 2.50. The van der Waals surface area contributed by atoms with Gasteiger partial charge in [0.2, 0.25) is 0 Å². The van der Waals surface area contributed by atoms with Crippen molar-refractivity contribution in [3.05, 3.63) is 34.5 Å². The molecule has 8 nitrogen and oxygen atoms in total. The van der Waals surface area contributed by atoms with Crippen molar-refractivity contribution in [3.8, 4) is 6.07 Å². The van der Waals surface area contributed by atoms with Crippen molar-refractivity contribution in [2.45, 2.75) is 67.7 Å². The molecule has 1 saturated heterocycles. The lowest BCUT2D eigenvalue weighted by atomic mass is 9.65. The monoisotopic (exact) mass is 512 g/mol. The quantitative estimate of drug-likeness (QED) is 0.625. The largest absolute Gasteiger partial charge is 0.394 e. The summed E-state index contributed by atoms with van der Waals surface area (Å²) in [6, 6.07) is 2.37. The number of aromatic nitrogens is 3. The molecule has 3 fully saturated rings. The van der Waals surface area contributed by atoms with Gasteiger partial charge >= 0.3 is 0 Å². The number of rotatable bonds is 5. The van der Waals surface area contributed by atoms with E-state index in [-0.39, 0.29) is 12.0 Å². The Hall–Kier alpha value is -2.28. The molecule has 2 aromatic rings. The third kappa shape index (κ3) is 3.90. The van der Waals surface area contributed by atoms with Crippen LogP contribution in [0.15, 0.2) is 17.3 Å². The van der Waals surface area contributed by atoms with E-state index in [1.165, 1.54) is 0 Å². The normalized spacial score (nSPS) is 24.4. The second-order valence-electron chi connectivity index (χ2n) is 10.7. The maximum atomic E-state index is 12.8. The van der Waals surface area contributed by atoms with E-state index >= 15 is 0 Å². The number of aliphatic hydroxyl groups is 1. The van der Waals surface area contributed by atoms with Crippen LogP contribution in [0.25, 0.3) is 0 Å². The maximum absolute atomic E-state index is 12.8. The lowest BCUT2D eigenvalue weighted by Gasteiger charge is -2.54. The van der Waals surface area contributed by atoms with Crippen LogP contribution < -0.4 is 10.2 Å². The van der Waals surface area contributed by atoms with E-state index in [1.54, 1.807) is 12.4 Å². The summed E-state index contributed by atoms with van der Waals surface area (Å²) in [5, 5.41) is 24.3. The molecule has 2 aliphatic carbocycles. The molecule has 2 aromatic heterocycles. The molecule has 10 heteroatoms. The summed E-state index contributed by atoms with van der Waals surface area (Å²) in [6.45, 7) is 1.74. The van der Waals surface area contributed by atoms with Crippen LogP contribution in [0.4, 0.5) is 11.5 Å². The second-order valence-corrected chi connectivity index (χ2v) is 12.6. The highest BCUT2D eigenvalue weighted by Gasteiger charge is 2.48. The van der Waals surface area contributed by atoms with Crippen LogP contribution in [0.1, 0.15) is 67.9 Å². The molecule has 184 valence electrons. The first kappa shape index (κ1) is 23.1. The fraction of sp³-hybridized carbons (Fsp3) is 0.600. The zero-order valence-corrected chi connectivity index (χ0v) is 21.2. The molecule has 0 amide bonds. The van der Waals surface area contributed by atoms with Gasteiger partial charge in [-0.2, -0.15) is 5.26 Å². The molecule has 0 bridgehead atoms. The predicted molar refractivity (Wildman–Crippen MR) is 134 cm³/mol. The Morgan fingerprint density at radius 2 is 1.94 bits per heavy atom. The molecule has 35 heavy (non-hydrogen) atoms. The number of halogens is 1. The van der Waals surface area contributed by atoms with Crippen molar-refractivity contribution < 1.29 is 9.32 Å². The molecule has 2 N–H and O–H groups in total. The van der Waals surface area contributed by atoms with Gasteiger partial charge in [0.05, 0.1) is 44.2 Å². The molecule has 4 aliphatic rings. The van der Waals surface area contributed by atoms with Gasteiger partial charge in [-0.3, -0.25) is 4.21 Å². The zero-order valence-electron chi connectivity index (χ0n) is 19.6. The molecule has 0 unspecified atom stereocenters. The van der Waals surface area contributed by atoms with Crippen molar-refractivity contribution in [2.75, 3.05) is 35.7 Å². The maximum Gasteiger partial charge on any atom is 0.149 e. The molecule has 6 rings (SSSR count).